The third kappa shape index (κ3) is 10.5. The Morgan fingerprint density at radius 1 is 1.31 bits per heavy atom. The highest BCUT2D eigenvalue weighted by Crippen LogP contribution is 2.03. The molecule has 0 amide bonds. The molecule has 0 aromatic heterocycles. The standard InChI is InChI=1S/C7H12O2.C5H8O2/c1-3-4-5-6(2)7(8)9;1-4(2)5(6)7-3/h2-5H2,1H3,(H,8,9);1H2,2-3H3. The van der Waals surface area contributed by atoms with Gasteiger partial charge in [0.25, 0.3) is 0 Å². The van der Waals surface area contributed by atoms with Gasteiger partial charge in [0.1, 0.15) is 0 Å². The molecule has 4 nitrogen and oxygen atoms in total. The van der Waals surface area contributed by atoms with Crippen molar-refractivity contribution in [2.24, 2.45) is 0 Å². The van der Waals surface area contributed by atoms with Crippen molar-refractivity contribution in [2.75, 3.05) is 7.11 Å². The molecule has 0 atom stereocenters. The van der Waals surface area contributed by atoms with Crippen LogP contribution in [0.4, 0.5) is 0 Å². The van der Waals surface area contributed by atoms with Gasteiger partial charge in [-0.2, -0.15) is 0 Å². The molecule has 0 fully saturated rings. The van der Waals surface area contributed by atoms with E-state index < -0.39 is 5.97 Å². The Labute approximate surface area is 96.6 Å². The summed E-state index contributed by atoms with van der Waals surface area (Å²) < 4.78 is 4.27. The minimum Gasteiger partial charge on any atom is -0.478 e. The summed E-state index contributed by atoms with van der Waals surface area (Å²) in [5.74, 6) is -1.22. The second-order valence-electron chi connectivity index (χ2n) is 3.28. The Hall–Kier alpha value is -1.58. The zero-order valence-corrected chi connectivity index (χ0v) is 10.2. The third-order valence-corrected chi connectivity index (χ3v) is 1.67. The van der Waals surface area contributed by atoms with Crippen molar-refractivity contribution in [1.29, 1.82) is 0 Å². The van der Waals surface area contributed by atoms with Crippen molar-refractivity contribution in [3.8, 4) is 0 Å². The minimum absolute atomic E-state index is 0.317. The number of carbonyl (C=O) groups is 2. The first-order valence-electron chi connectivity index (χ1n) is 5.01. The SMILES string of the molecule is C=C(C)C(=O)OC.C=C(CCCC)C(=O)O. The molecule has 16 heavy (non-hydrogen) atoms. The van der Waals surface area contributed by atoms with Crippen LogP contribution in [0.15, 0.2) is 24.3 Å². The van der Waals surface area contributed by atoms with Crippen LogP contribution in [0.1, 0.15) is 33.1 Å². The molecule has 1 N–H and O–H groups in total. The number of aliphatic carboxylic acids is 1. The lowest BCUT2D eigenvalue weighted by atomic mass is 10.1. The fourth-order valence-corrected chi connectivity index (χ4v) is 0.671. The Kier molecular flexibility index (Phi) is 10.5. The van der Waals surface area contributed by atoms with Crippen LogP contribution in [-0.4, -0.2) is 24.2 Å². The molecular weight excluding hydrogens is 208 g/mol. The molecule has 0 heterocycles. The van der Waals surface area contributed by atoms with Gasteiger partial charge < -0.3 is 9.84 Å². The van der Waals surface area contributed by atoms with E-state index in [1.807, 2.05) is 6.92 Å². The molecule has 4 heteroatoms. The molecule has 0 aliphatic heterocycles. The number of esters is 1. The molecular formula is C12H20O4. The number of carboxylic acid groups (broad SMARTS) is 1. The van der Waals surface area contributed by atoms with Crippen molar-refractivity contribution in [2.45, 2.75) is 33.1 Å². The Morgan fingerprint density at radius 2 is 1.81 bits per heavy atom. The fraction of sp³-hybridized carbons (Fsp3) is 0.500. The number of hydrogen-bond acceptors (Lipinski definition) is 3. The highest BCUT2D eigenvalue weighted by molar-refractivity contribution is 5.86. The van der Waals surface area contributed by atoms with Crippen LogP contribution in [0.25, 0.3) is 0 Å². The molecule has 0 radical (unpaired) electrons. The molecule has 0 unspecified atom stereocenters. The van der Waals surface area contributed by atoms with Crippen LogP contribution >= 0.6 is 0 Å². The largest absolute Gasteiger partial charge is 0.478 e. The van der Waals surface area contributed by atoms with E-state index in [9.17, 15) is 9.59 Å². The smallest absolute Gasteiger partial charge is 0.332 e. The Bertz CT molecular complexity index is 266. The maximum atomic E-state index is 10.2. The number of rotatable bonds is 5. The van der Waals surface area contributed by atoms with Gasteiger partial charge in [0.2, 0.25) is 0 Å². The van der Waals surface area contributed by atoms with Crippen LogP contribution < -0.4 is 0 Å². The number of carboxylic acids is 1. The first kappa shape index (κ1) is 16.8. The average molecular weight is 228 g/mol. The van der Waals surface area contributed by atoms with Crippen LogP contribution in [-0.2, 0) is 14.3 Å². The Balaban J connectivity index is 0. The van der Waals surface area contributed by atoms with Crippen LogP contribution in [0.2, 0.25) is 0 Å². The quantitative estimate of drug-likeness (QED) is 0.580. The van der Waals surface area contributed by atoms with Gasteiger partial charge in [-0.3, -0.25) is 0 Å². The topological polar surface area (TPSA) is 63.6 Å². The second-order valence-corrected chi connectivity index (χ2v) is 3.28. The molecule has 0 saturated heterocycles. The van der Waals surface area contributed by atoms with Crippen LogP contribution in [0.3, 0.4) is 0 Å². The van der Waals surface area contributed by atoms with E-state index in [1.165, 1.54) is 7.11 Å². The highest BCUT2D eigenvalue weighted by Gasteiger charge is 2.00. The fourth-order valence-electron chi connectivity index (χ4n) is 0.671. The summed E-state index contributed by atoms with van der Waals surface area (Å²) in [5.41, 5.74) is 0.749. The van der Waals surface area contributed by atoms with Gasteiger partial charge in [-0.15, -0.1) is 0 Å². The maximum absolute atomic E-state index is 10.2. The first-order valence-corrected chi connectivity index (χ1v) is 5.01. The molecule has 0 aliphatic carbocycles. The predicted octanol–water partition coefficient (Wildman–Crippen LogP) is 2.55. The summed E-state index contributed by atoms with van der Waals surface area (Å²) in [6.07, 6.45) is 2.56. The maximum Gasteiger partial charge on any atom is 0.332 e. The second kappa shape index (κ2) is 9.96. The molecule has 0 spiro atoms. The summed E-state index contributed by atoms with van der Waals surface area (Å²) in [4.78, 5) is 20.3. The zero-order chi connectivity index (χ0) is 13.1. The molecule has 0 rings (SSSR count). The predicted molar refractivity (Wildman–Crippen MR) is 63.1 cm³/mol. The number of methoxy groups -OCH3 is 1. The molecule has 92 valence electrons. The third-order valence-electron chi connectivity index (χ3n) is 1.67. The summed E-state index contributed by atoms with van der Waals surface area (Å²) in [6.45, 7) is 10.4. The van der Waals surface area contributed by atoms with Crippen molar-refractivity contribution >= 4 is 11.9 Å². The van der Waals surface area contributed by atoms with Gasteiger partial charge in [-0.25, -0.2) is 9.59 Å². The van der Waals surface area contributed by atoms with Gasteiger partial charge in [0.15, 0.2) is 0 Å². The van der Waals surface area contributed by atoms with Gasteiger partial charge in [-0.1, -0.05) is 26.5 Å². The molecule has 0 bridgehead atoms. The van der Waals surface area contributed by atoms with Crippen molar-refractivity contribution in [1.82, 2.24) is 0 Å². The number of ether oxygens (including phenoxy) is 1. The molecule has 0 aromatic rings. The lowest BCUT2D eigenvalue weighted by Gasteiger charge is -1.95. The van der Waals surface area contributed by atoms with Crippen LogP contribution in [0, 0.1) is 0 Å². The van der Waals surface area contributed by atoms with E-state index in [0.29, 0.717) is 17.6 Å². The number of unbranched alkanes of at least 4 members (excludes halogenated alkanes) is 1. The normalized spacial score (nSPS) is 8.44. The van der Waals surface area contributed by atoms with E-state index in [1.54, 1.807) is 6.92 Å². The van der Waals surface area contributed by atoms with Gasteiger partial charge >= 0.3 is 11.9 Å². The first-order chi connectivity index (χ1) is 7.36. The highest BCUT2D eigenvalue weighted by atomic mass is 16.5. The van der Waals surface area contributed by atoms with E-state index in [0.717, 1.165) is 12.8 Å². The summed E-state index contributed by atoms with van der Waals surface area (Å²) >= 11 is 0. The summed E-state index contributed by atoms with van der Waals surface area (Å²) in [6, 6.07) is 0. The van der Waals surface area contributed by atoms with Crippen LogP contribution in [0.5, 0.6) is 0 Å². The lowest BCUT2D eigenvalue weighted by Crippen LogP contribution is -1.98. The van der Waals surface area contributed by atoms with Crippen molar-refractivity contribution in [3.63, 3.8) is 0 Å². The molecule has 0 aromatic carbocycles. The van der Waals surface area contributed by atoms with E-state index in [4.69, 9.17) is 5.11 Å². The molecule has 0 aliphatic rings. The molecule has 0 saturated carbocycles. The van der Waals surface area contributed by atoms with Crippen molar-refractivity contribution in [3.05, 3.63) is 24.3 Å². The van der Waals surface area contributed by atoms with Gasteiger partial charge in [0, 0.05) is 11.1 Å². The number of carbonyl (C=O) groups excluding carboxylic acids is 1. The van der Waals surface area contributed by atoms with Gasteiger partial charge in [0.05, 0.1) is 7.11 Å². The van der Waals surface area contributed by atoms with E-state index in [-0.39, 0.29) is 5.97 Å². The lowest BCUT2D eigenvalue weighted by molar-refractivity contribution is -0.136. The monoisotopic (exact) mass is 228 g/mol. The van der Waals surface area contributed by atoms with Gasteiger partial charge in [-0.05, 0) is 19.8 Å². The van der Waals surface area contributed by atoms with E-state index >= 15 is 0 Å². The zero-order valence-electron chi connectivity index (χ0n) is 10.2. The number of hydrogen-bond donors (Lipinski definition) is 1. The Morgan fingerprint density at radius 3 is 2.00 bits per heavy atom. The average Bonchev–Trinajstić information content (AvgIpc) is 2.25. The summed E-state index contributed by atoms with van der Waals surface area (Å²) in [7, 11) is 1.33. The minimum atomic E-state index is -0.872. The van der Waals surface area contributed by atoms with E-state index in [2.05, 4.69) is 17.9 Å². The summed E-state index contributed by atoms with van der Waals surface area (Å²) in [5, 5.41) is 8.31. The van der Waals surface area contributed by atoms with Crippen molar-refractivity contribution < 1.29 is 19.4 Å².